The van der Waals surface area contributed by atoms with Crippen LogP contribution in [0.4, 0.5) is 0 Å². The van der Waals surface area contributed by atoms with Crippen molar-refractivity contribution in [2.75, 3.05) is 0 Å². The predicted molar refractivity (Wildman–Crippen MR) is 80.3 cm³/mol. The summed E-state index contributed by atoms with van der Waals surface area (Å²) in [6.45, 7) is -0.141. The normalized spacial score (nSPS) is 10.6. The first-order valence-electron chi connectivity index (χ1n) is 6.13. The Hall–Kier alpha value is -2.12. The van der Waals surface area contributed by atoms with Gasteiger partial charge in [-0.25, -0.2) is 4.79 Å². The summed E-state index contributed by atoms with van der Waals surface area (Å²) in [5.74, 6) is 0.0497. The van der Waals surface area contributed by atoms with Crippen LogP contribution in [0.1, 0.15) is 16.4 Å². The number of carbonyl (C=O) groups is 1. The van der Waals surface area contributed by atoms with Crippen LogP contribution in [0.5, 0.6) is 0 Å². The Kier molecular flexibility index (Phi) is 4.26. The Morgan fingerprint density at radius 1 is 1.23 bits per heavy atom. The number of halogens is 2. The fraction of sp³-hybridized carbons (Fsp3) is 0.0714. The Morgan fingerprint density at radius 3 is 2.68 bits per heavy atom. The number of rotatable bonds is 4. The molecule has 2 heterocycles. The van der Waals surface area contributed by atoms with Gasteiger partial charge in [0.15, 0.2) is 11.3 Å². The molecule has 0 aliphatic rings. The van der Waals surface area contributed by atoms with Crippen LogP contribution in [-0.2, 0) is 11.3 Å². The quantitative estimate of drug-likeness (QED) is 0.631. The molecule has 2 aromatic heterocycles. The number of nitrogens with zero attached hydrogens (tertiary/aromatic N) is 2. The summed E-state index contributed by atoms with van der Waals surface area (Å²) < 4.78 is 15.6. The van der Waals surface area contributed by atoms with Crippen molar-refractivity contribution < 1.29 is 18.5 Å². The molecule has 0 saturated heterocycles. The number of benzene rings is 1. The number of furan rings is 1. The number of hydrogen-bond acceptors (Lipinski definition) is 6. The highest BCUT2D eigenvalue weighted by Crippen LogP contribution is 2.19. The lowest BCUT2D eigenvalue weighted by Gasteiger charge is -1.97. The Morgan fingerprint density at radius 2 is 2.00 bits per heavy atom. The maximum absolute atomic E-state index is 11.7. The monoisotopic (exact) mass is 382 g/mol. The third-order valence-electron chi connectivity index (χ3n) is 2.67. The van der Waals surface area contributed by atoms with Crippen molar-refractivity contribution in [3.63, 3.8) is 0 Å². The molecule has 0 atom stereocenters. The van der Waals surface area contributed by atoms with Crippen molar-refractivity contribution in [3.05, 3.63) is 57.7 Å². The van der Waals surface area contributed by atoms with Gasteiger partial charge in [0.25, 0.3) is 5.89 Å². The summed E-state index contributed by atoms with van der Waals surface area (Å²) in [5, 5.41) is 4.44. The third-order valence-corrected chi connectivity index (χ3v) is 3.35. The summed E-state index contributed by atoms with van der Waals surface area (Å²) in [6, 6.07) is 10.1. The molecule has 0 aliphatic carbocycles. The fourth-order valence-electron chi connectivity index (χ4n) is 1.65. The summed E-state index contributed by atoms with van der Waals surface area (Å²) in [6.07, 6.45) is 0. The van der Waals surface area contributed by atoms with Crippen molar-refractivity contribution >= 4 is 33.5 Å². The summed E-state index contributed by atoms with van der Waals surface area (Å²) in [5.41, 5.74) is 0.751. The maximum Gasteiger partial charge on any atom is 0.374 e. The molecule has 6 nitrogen and oxygen atoms in total. The van der Waals surface area contributed by atoms with Crippen LogP contribution in [-0.4, -0.2) is 16.1 Å². The molecule has 0 N–H and O–H groups in total. The van der Waals surface area contributed by atoms with E-state index < -0.39 is 5.97 Å². The first-order valence-corrected chi connectivity index (χ1v) is 7.30. The summed E-state index contributed by atoms with van der Waals surface area (Å²) in [7, 11) is 0. The van der Waals surface area contributed by atoms with Crippen molar-refractivity contribution in [1.82, 2.24) is 10.1 Å². The van der Waals surface area contributed by atoms with Crippen molar-refractivity contribution in [2.45, 2.75) is 6.61 Å². The topological polar surface area (TPSA) is 78.4 Å². The lowest BCUT2D eigenvalue weighted by atomic mass is 10.2. The van der Waals surface area contributed by atoms with Gasteiger partial charge < -0.3 is 13.7 Å². The predicted octanol–water partition coefficient (Wildman–Crippen LogP) is 4.10. The second-order valence-electron chi connectivity index (χ2n) is 4.20. The maximum atomic E-state index is 11.7. The van der Waals surface area contributed by atoms with Gasteiger partial charge in [-0.3, -0.25) is 0 Å². The Bertz CT molecular complexity index is 797. The number of esters is 1. The van der Waals surface area contributed by atoms with Crippen LogP contribution in [0.15, 0.2) is 50.0 Å². The van der Waals surface area contributed by atoms with Crippen molar-refractivity contribution in [1.29, 1.82) is 0 Å². The van der Waals surface area contributed by atoms with Gasteiger partial charge in [-0.1, -0.05) is 16.8 Å². The highest BCUT2D eigenvalue weighted by Gasteiger charge is 2.15. The van der Waals surface area contributed by atoms with Crippen LogP contribution in [0.2, 0.25) is 5.02 Å². The van der Waals surface area contributed by atoms with E-state index in [4.69, 9.17) is 25.3 Å². The molecule has 0 fully saturated rings. The number of ether oxygens (including phenoxy) is 1. The molecule has 3 rings (SSSR count). The van der Waals surface area contributed by atoms with E-state index in [9.17, 15) is 4.79 Å². The molecular formula is C14H8BrClN2O4. The lowest BCUT2D eigenvalue weighted by molar-refractivity contribution is 0.0392. The molecular weight excluding hydrogens is 376 g/mol. The van der Waals surface area contributed by atoms with E-state index in [1.54, 1.807) is 30.3 Å². The SMILES string of the molecule is O=C(OCc1nc(-c2ccc(Cl)cc2)no1)c1ccc(Br)o1. The first-order chi connectivity index (χ1) is 10.6. The second-order valence-corrected chi connectivity index (χ2v) is 5.42. The van der Waals surface area contributed by atoms with Gasteiger partial charge in [-0.2, -0.15) is 4.98 Å². The molecule has 0 saturated carbocycles. The number of carbonyl (C=O) groups excluding carboxylic acids is 1. The van der Waals surface area contributed by atoms with Gasteiger partial charge in [0.05, 0.1) is 0 Å². The van der Waals surface area contributed by atoms with E-state index in [2.05, 4.69) is 26.1 Å². The molecule has 0 amide bonds. The summed E-state index contributed by atoms with van der Waals surface area (Å²) in [4.78, 5) is 15.8. The van der Waals surface area contributed by atoms with Crippen LogP contribution in [0.25, 0.3) is 11.4 Å². The second kappa shape index (κ2) is 6.33. The summed E-state index contributed by atoms with van der Waals surface area (Å²) >= 11 is 8.92. The molecule has 0 spiro atoms. The van der Waals surface area contributed by atoms with E-state index in [1.807, 2.05) is 0 Å². The third kappa shape index (κ3) is 3.37. The molecule has 112 valence electrons. The van der Waals surface area contributed by atoms with E-state index in [0.29, 0.717) is 15.5 Å². The largest absolute Gasteiger partial charge is 0.450 e. The zero-order chi connectivity index (χ0) is 15.5. The highest BCUT2D eigenvalue weighted by atomic mass is 79.9. The minimum Gasteiger partial charge on any atom is -0.450 e. The standard InChI is InChI=1S/C14H8BrClN2O4/c15-11-6-5-10(21-11)14(19)20-7-12-17-13(18-22-12)8-1-3-9(16)4-2-8/h1-6H,7H2. The lowest BCUT2D eigenvalue weighted by Crippen LogP contribution is -2.04. The molecule has 1 aromatic carbocycles. The van der Waals surface area contributed by atoms with Crippen LogP contribution in [0.3, 0.4) is 0 Å². The van der Waals surface area contributed by atoms with Crippen LogP contribution >= 0.6 is 27.5 Å². The highest BCUT2D eigenvalue weighted by molar-refractivity contribution is 9.10. The van der Waals surface area contributed by atoms with Crippen molar-refractivity contribution in [3.8, 4) is 11.4 Å². The molecule has 0 radical (unpaired) electrons. The minimum atomic E-state index is -0.614. The Labute approximate surface area is 138 Å². The van der Waals surface area contributed by atoms with Crippen LogP contribution < -0.4 is 0 Å². The van der Waals surface area contributed by atoms with E-state index in [0.717, 1.165) is 5.56 Å². The molecule has 0 unspecified atom stereocenters. The van der Waals surface area contributed by atoms with Gasteiger partial charge >= 0.3 is 5.97 Å². The molecule has 8 heteroatoms. The van der Waals surface area contributed by atoms with Crippen molar-refractivity contribution in [2.24, 2.45) is 0 Å². The Balaban J connectivity index is 1.64. The van der Waals surface area contributed by atoms with Gasteiger partial charge in [0.1, 0.15) is 0 Å². The zero-order valence-corrected chi connectivity index (χ0v) is 13.3. The van der Waals surface area contributed by atoms with Gasteiger partial charge in [-0.15, -0.1) is 0 Å². The van der Waals surface area contributed by atoms with E-state index in [-0.39, 0.29) is 18.3 Å². The van der Waals surface area contributed by atoms with E-state index >= 15 is 0 Å². The fourth-order valence-corrected chi connectivity index (χ4v) is 2.08. The van der Waals surface area contributed by atoms with Crippen LogP contribution in [0, 0.1) is 0 Å². The molecule has 0 bridgehead atoms. The van der Waals surface area contributed by atoms with Gasteiger partial charge in [0.2, 0.25) is 11.6 Å². The zero-order valence-electron chi connectivity index (χ0n) is 11.0. The average Bonchev–Trinajstić information content (AvgIpc) is 3.15. The van der Waals surface area contributed by atoms with Gasteiger partial charge in [0, 0.05) is 10.6 Å². The molecule has 3 aromatic rings. The number of aromatic nitrogens is 2. The smallest absolute Gasteiger partial charge is 0.374 e. The van der Waals surface area contributed by atoms with Gasteiger partial charge in [-0.05, 0) is 52.3 Å². The number of hydrogen-bond donors (Lipinski definition) is 0. The molecule has 0 aliphatic heterocycles. The minimum absolute atomic E-state index is 0.0873. The first kappa shape index (κ1) is 14.8. The van der Waals surface area contributed by atoms with E-state index in [1.165, 1.54) is 6.07 Å². The molecule has 22 heavy (non-hydrogen) atoms. The average molecular weight is 384 g/mol.